The van der Waals surface area contributed by atoms with Gasteiger partial charge in [-0.05, 0) is 48.8 Å². The zero-order valence-corrected chi connectivity index (χ0v) is 19.8. The van der Waals surface area contributed by atoms with E-state index < -0.39 is 12.0 Å². The molecule has 3 atom stereocenters. The number of allylic oxidation sites excluding steroid dienone is 2. The summed E-state index contributed by atoms with van der Waals surface area (Å²) in [6, 6.07) is 5.42. The molecule has 3 fully saturated rings. The van der Waals surface area contributed by atoms with Gasteiger partial charge in [-0.15, -0.1) is 0 Å². The number of rotatable bonds is 3. The molecule has 0 aromatic heterocycles. The van der Waals surface area contributed by atoms with Crippen molar-refractivity contribution in [3.8, 4) is 5.75 Å². The molecule has 0 bridgehead atoms. The number of β-lactam (4-membered cyclic amide) rings is 1. The van der Waals surface area contributed by atoms with E-state index in [4.69, 9.17) is 0 Å². The van der Waals surface area contributed by atoms with Crippen LogP contribution in [0.5, 0.6) is 5.75 Å². The van der Waals surface area contributed by atoms with Crippen molar-refractivity contribution in [1.82, 2.24) is 9.80 Å². The number of aliphatic carboxylic acids is 1. The van der Waals surface area contributed by atoms with Crippen molar-refractivity contribution in [2.75, 3.05) is 18.0 Å². The number of benzene rings is 1. The number of carbonyl (C=O) groups is 4. The van der Waals surface area contributed by atoms with Crippen molar-refractivity contribution < 1.29 is 60.4 Å². The molecule has 5 rings (SSSR count). The first-order valence-electron chi connectivity index (χ1n) is 10.2. The first-order valence-corrected chi connectivity index (χ1v) is 10.2. The molecular formula is C22H22N3NaO6. The van der Waals surface area contributed by atoms with Crippen LogP contribution in [-0.4, -0.2) is 68.9 Å². The Morgan fingerprint density at radius 2 is 1.88 bits per heavy atom. The number of carbonyl (C=O) groups excluding carboxylic acids is 3. The average Bonchev–Trinajstić information content (AvgIpc) is 3.27. The van der Waals surface area contributed by atoms with Gasteiger partial charge in [0.2, 0.25) is 5.91 Å². The summed E-state index contributed by atoms with van der Waals surface area (Å²) >= 11 is 0. The molecule has 0 aliphatic carbocycles. The number of aromatic hydroxyl groups is 1. The van der Waals surface area contributed by atoms with Crippen LogP contribution in [0.3, 0.4) is 0 Å². The molecule has 3 saturated heterocycles. The molecule has 4 aliphatic rings. The van der Waals surface area contributed by atoms with E-state index in [0.717, 1.165) is 0 Å². The van der Waals surface area contributed by atoms with E-state index >= 15 is 0 Å². The fourth-order valence-corrected chi connectivity index (χ4v) is 5.26. The first kappa shape index (κ1) is 22.6. The van der Waals surface area contributed by atoms with Gasteiger partial charge in [-0.25, -0.2) is 4.79 Å². The van der Waals surface area contributed by atoms with Gasteiger partial charge in [0.05, 0.1) is 6.04 Å². The van der Waals surface area contributed by atoms with Gasteiger partial charge in [-0.2, -0.15) is 0 Å². The van der Waals surface area contributed by atoms with E-state index in [1.807, 2.05) is 0 Å². The maximum Gasteiger partial charge on any atom is 1.00 e. The summed E-state index contributed by atoms with van der Waals surface area (Å²) in [7, 11) is 0. The number of hydrogen-bond donors (Lipinski definition) is 2. The second-order valence-corrected chi connectivity index (χ2v) is 8.35. The first-order chi connectivity index (χ1) is 14.8. The fraction of sp³-hybridized carbons (Fsp3) is 0.364. The summed E-state index contributed by atoms with van der Waals surface area (Å²) in [5.74, 6) is -1.95. The van der Waals surface area contributed by atoms with E-state index in [9.17, 15) is 29.4 Å². The standard InChI is InChI=1S/C22H21N3O6.Na.H/c1-11(26)24-10-14-9-13(18(22(30)31)25-17(14)19(24)21(25)29)8-12-6-7-23(20(12)28)15-2-4-16(27)5-3-15;;/h2-5,8,14,17,19,27H,6-7,9-10H2,1H3,(H,30,31);;/q;+1;-1/b12-8+;;/t14-,17-,19+;;/m1../s1. The number of carboxylic acids is 1. The summed E-state index contributed by atoms with van der Waals surface area (Å²) in [6.07, 6.45) is 2.45. The average molecular weight is 447 g/mol. The van der Waals surface area contributed by atoms with Crippen molar-refractivity contribution in [3.05, 3.63) is 47.2 Å². The normalized spacial score (nSPS) is 27.5. The third-order valence-corrected chi connectivity index (χ3v) is 6.63. The van der Waals surface area contributed by atoms with Crippen LogP contribution in [0.4, 0.5) is 5.69 Å². The van der Waals surface area contributed by atoms with Gasteiger partial charge >= 0.3 is 35.5 Å². The SMILES string of the molecule is CC(=O)N1C[C@H]2CC(/C=C3\CCN(c4ccc(O)cc4)C3=O)=C(C(=O)O)N3C(=O)[C@@H]1[C@@H]23.[H-].[Na+]. The summed E-state index contributed by atoms with van der Waals surface area (Å²) < 4.78 is 0. The van der Waals surface area contributed by atoms with Gasteiger partial charge in [0, 0.05) is 37.2 Å². The quantitative estimate of drug-likeness (QED) is 0.314. The van der Waals surface area contributed by atoms with Crippen LogP contribution in [0.15, 0.2) is 47.2 Å². The molecule has 0 unspecified atom stereocenters. The molecule has 32 heavy (non-hydrogen) atoms. The molecule has 162 valence electrons. The third-order valence-electron chi connectivity index (χ3n) is 6.63. The number of amides is 3. The number of anilines is 1. The van der Waals surface area contributed by atoms with Crippen LogP contribution in [0.25, 0.3) is 0 Å². The topological polar surface area (TPSA) is 118 Å². The number of carboxylic acid groups (broad SMARTS) is 1. The molecule has 2 N–H and O–H groups in total. The zero-order chi connectivity index (χ0) is 22.0. The van der Waals surface area contributed by atoms with Gasteiger partial charge in [0.1, 0.15) is 17.5 Å². The van der Waals surface area contributed by atoms with Crippen molar-refractivity contribution in [2.45, 2.75) is 31.8 Å². The number of likely N-dealkylation sites (tertiary alicyclic amines) is 1. The van der Waals surface area contributed by atoms with Gasteiger partial charge in [-0.1, -0.05) is 0 Å². The van der Waals surface area contributed by atoms with Crippen LogP contribution in [-0.2, 0) is 19.2 Å². The third kappa shape index (κ3) is 3.27. The summed E-state index contributed by atoms with van der Waals surface area (Å²) in [6.45, 7) is 2.26. The van der Waals surface area contributed by atoms with Crippen LogP contribution < -0.4 is 34.5 Å². The number of nitrogens with zero attached hydrogens (tertiary/aromatic N) is 3. The molecule has 0 spiro atoms. The Kier molecular flexibility index (Phi) is 5.68. The van der Waals surface area contributed by atoms with E-state index in [1.165, 1.54) is 28.9 Å². The molecule has 3 amide bonds. The fourth-order valence-electron chi connectivity index (χ4n) is 5.26. The van der Waals surface area contributed by atoms with Crippen LogP contribution in [0, 0.1) is 5.92 Å². The largest absolute Gasteiger partial charge is 1.00 e. The van der Waals surface area contributed by atoms with Gasteiger partial charge in [0.25, 0.3) is 11.8 Å². The Balaban J connectivity index is 0.00000153. The van der Waals surface area contributed by atoms with Crippen molar-refractivity contribution in [1.29, 1.82) is 0 Å². The summed E-state index contributed by atoms with van der Waals surface area (Å²) in [4.78, 5) is 54.0. The maximum atomic E-state index is 13.0. The van der Waals surface area contributed by atoms with E-state index in [2.05, 4.69) is 0 Å². The monoisotopic (exact) mass is 447 g/mol. The Hall–Kier alpha value is -2.62. The molecule has 9 nitrogen and oxygen atoms in total. The summed E-state index contributed by atoms with van der Waals surface area (Å²) in [5.41, 5.74) is 1.49. The van der Waals surface area contributed by atoms with Gasteiger partial charge < -0.3 is 21.4 Å². The Morgan fingerprint density at radius 1 is 1.19 bits per heavy atom. The smallest absolute Gasteiger partial charge is 1.00 e. The zero-order valence-electron chi connectivity index (χ0n) is 18.8. The van der Waals surface area contributed by atoms with Crippen LogP contribution in [0.2, 0.25) is 0 Å². The minimum absolute atomic E-state index is 0. The van der Waals surface area contributed by atoms with Crippen molar-refractivity contribution in [3.63, 3.8) is 0 Å². The van der Waals surface area contributed by atoms with Crippen molar-refractivity contribution >= 4 is 29.4 Å². The van der Waals surface area contributed by atoms with E-state index in [0.29, 0.717) is 42.8 Å². The molecule has 1 aromatic carbocycles. The maximum absolute atomic E-state index is 13.0. The Morgan fingerprint density at radius 3 is 2.50 bits per heavy atom. The van der Waals surface area contributed by atoms with Crippen LogP contribution in [0.1, 0.15) is 21.2 Å². The Labute approximate surface area is 207 Å². The van der Waals surface area contributed by atoms with E-state index in [1.54, 1.807) is 23.1 Å². The Bertz CT molecular complexity index is 1100. The van der Waals surface area contributed by atoms with Crippen LogP contribution >= 0.6 is 0 Å². The second kappa shape index (κ2) is 8.06. The molecule has 4 aliphatic heterocycles. The number of phenolic OH excluding ortho intramolecular Hbond substituents is 1. The number of phenols is 1. The molecular weight excluding hydrogens is 425 g/mol. The summed E-state index contributed by atoms with van der Waals surface area (Å²) in [5, 5.41) is 19.3. The predicted octanol–water partition coefficient (Wildman–Crippen LogP) is -2.03. The molecule has 4 heterocycles. The van der Waals surface area contributed by atoms with Gasteiger partial charge in [-0.3, -0.25) is 19.3 Å². The molecule has 0 radical (unpaired) electrons. The minimum atomic E-state index is -1.21. The molecule has 10 heteroatoms. The van der Waals surface area contributed by atoms with Gasteiger partial charge in [0.15, 0.2) is 0 Å². The minimum Gasteiger partial charge on any atom is -1.00 e. The molecule has 0 saturated carbocycles. The van der Waals surface area contributed by atoms with Crippen molar-refractivity contribution in [2.24, 2.45) is 5.92 Å². The molecule has 1 aromatic rings. The predicted molar refractivity (Wildman–Crippen MR) is 109 cm³/mol. The second-order valence-electron chi connectivity index (χ2n) is 8.35. The number of hydrogen-bond acceptors (Lipinski definition) is 5. The van der Waals surface area contributed by atoms with E-state index in [-0.39, 0.29) is 72.1 Å².